The normalized spacial score (nSPS) is 36.9. The summed E-state index contributed by atoms with van der Waals surface area (Å²) in [5.41, 5.74) is 1.37. The van der Waals surface area contributed by atoms with Crippen molar-refractivity contribution in [3.63, 3.8) is 0 Å². The van der Waals surface area contributed by atoms with Gasteiger partial charge in [0, 0.05) is 4.75 Å². The fraction of sp³-hybridized carbons (Fsp3) is 0.750. The number of hydrogen-bond acceptors (Lipinski definition) is 1. The highest BCUT2D eigenvalue weighted by Crippen LogP contribution is 2.35. The van der Waals surface area contributed by atoms with Gasteiger partial charge in [-0.05, 0) is 25.7 Å². The van der Waals surface area contributed by atoms with Crippen molar-refractivity contribution in [2.45, 2.75) is 37.4 Å². The average Bonchev–Trinajstić information content (AvgIpc) is 1.60. The highest BCUT2D eigenvalue weighted by atomic mass is 32.1. The summed E-state index contributed by atoms with van der Waals surface area (Å²) in [5, 5.41) is 0. The highest BCUT2D eigenvalue weighted by Gasteiger charge is 2.23. The number of hydrogen-bond donors (Lipinski definition) is 1. The summed E-state index contributed by atoms with van der Waals surface area (Å²) in [5.74, 6) is 0. The van der Waals surface area contributed by atoms with Crippen LogP contribution in [0.25, 0.3) is 0 Å². The first kappa shape index (κ1) is 7.20. The molecule has 0 amide bonds. The third-order valence-electron chi connectivity index (χ3n) is 1.88. The van der Waals surface area contributed by atoms with Crippen LogP contribution in [0.15, 0.2) is 12.2 Å². The molecule has 0 N–H and O–H groups in total. The van der Waals surface area contributed by atoms with E-state index in [2.05, 4.69) is 26.1 Å². The van der Waals surface area contributed by atoms with Gasteiger partial charge in [0.2, 0.25) is 0 Å². The van der Waals surface area contributed by atoms with Gasteiger partial charge in [-0.3, -0.25) is 0 Å². The van der Waals surface area contributed by atoms with Gasteiger partial charge in [-0.1, -0.05) is 19.1 Å². The lowest BCUT2D eigenvalue weighted by atomic mass is 9.87. The van der Waals surface area contributed by atoms with Crippen LogP contribution in [0.1, 0.15) is 32.6 Å². The highest BCUT2D eigenvalue weighted by molar-refractivity contribution is 7.81. The molecule has 1 atom stereocenters. The minimum Gasteiger partial charge on any atom is -0.172 e. The molecule has 1 aliphatic carbocycles. The van der Waals surface area contributed by atoms with Gasteiger partial charge in [-0.25, -0.2) is 0 Å². The molecule has 0 bridgehead atoms. The molecule has 1 unspecified atom stereocenters. The smallest absolute Gasteiger partial charge is 0.0138 e. The van der Waals surface area contributed by atoms with Crippen molar-refractivity contribution in [2.24, 2.45) is 0 Å². The van der Waals surface area contributed by atoms with Crippen LogP contribution < -0.4 is 0 Å². The Morgan fingerprint density at radius 1 is 1.67 bits per heavy atom. The van der Waals surface area contributed by atoms with Crippen molar-refractivity contribution in [3.8, 4) is 0 Å². The molecule has 0 heterocycles. The molecule has 0 saturated heterocycles. The Hall–Kier alpha value is 0.0900. The third-order valence-corrected chi connectivity index (χ3v) is 2.26. The maximum Gasteiger partial charge on any atom is 0.0138 e. The predicted octanol–water partition coefficient (Wildman–Crippen LogP) is 2.81. The van der Waals surface area contributed by atoms with Gasteiger partial charge in [-0.2, -0.15) is 12.6 Å². The average molecular weight is 142 g/mol. The van der Waals surface area contributed by atoms with E-state index in [1.54, 1.807) is 0 Å². The van der Waals surface area contributed by atoms with Gasteiger partial charge in [0.1, 0.15) is 0 Å². The lowest BCUT2D eigenvalue weighted by Gasteiger charge is -2.29. The SMILES string of the molecule is C=C1CCCC(C)(S)C1. The van der Waals surface area contributed by atoms with Gasteiger partial charge < -0.3 is 0 Å². The zero-order valence-electron chi connectivity index (χ0n) is 5.98. The summed E-state index contributed by atoms with van der Waals surface area (Å²) >= 11 is 4.52. The summed E-state index contributed by atoms with van der Waals surface area (Å²) in [7, 11) is 0. The van der Waals surface area contributed by atoms with Gasteiger partial charge in [-0.15, -0.1) is 0 Å². The summed E-state index contributed by atoms with van der Waals surface area (Å²) in [4.78, 5) is 0. The molecule has 0 aliphatic heterocycles. The van der Waals surface area contributed by atoms with E-state index in [9.17, 15) is 0 Å². The Balaban J connectivity index is 2.51. The van der Waals surface area contributed by atoms with Gasteiger partial charge in [0.05, 0.1) is 0 Å². The molecule has 0 aromatic heterocycles. The van der Waals surface area contributed by atoms with Crippen molar-refractivity contribution in [2.75, 3.05) is 0 Å². The molecule has 1 rings (SSSR count). The molecule has 0 nitrogen and oxygen atoms in total. The molecule has 1 heteroatoms. The Bertz CT molecular complexity index is 125. The second kappa shape index (κ2) is 2.37. The minimum atomic E-state index is 0.245. The molecule has 9 heavy (non-hydrogen) atoms. The summed E-state index contributed by atoms with van der Waals surface area (Å²) in [6.07, 6.45) is 4.85. The first-order valence-electron chi connectivity index (χ1n) is 3.49. The molecule has 1 saturated carbocycles. The van der Waals surface area contributed by atoms with E-state index < -0.39 is 0 Å². The lowest BCUT2D eigenvalue weighted by molar-refractivity contribution is 0.500. The Kier molecular flexibility index (Phi) is 1.90. The monoisotopic (exact) mass is 142 g/mol. The van der Waals surface area contributed by atoms with E-state index in [0.717, 1.165) is 6.42 Å². The lowest BCUT2D eigenvalue weighted by Crippen LogP contribution is -2.20. The Morgan fingerprint density at radius 3 is 2.67 bits per heavy atom. The molecule has 0 aromatic carbocycles. The maximum atomic E-state index is 4.52. The van der Waals surface area contributed by atoms with E-state index in [4.69, 9.17) is 0 Å². The van der Waals surface area contributed by atoms with Crippen LogP contribution in [0.5, 0.6) is 0 Å². The van der Waals surface area contributed by atoms with Crippen molar-refractivity contribution >= 4 is 12.6 Å². The third kappa shape index (κ3) is 2.05. The number of thiol groups is 1. The van der Waals surface area contributed by atoms with Crippen molar-refractivity contribution < 1.29 is 0 Å². The van der Waals surface area contributed by atoms with Crippen LogP contribution >= 0.6 is 12.6 Å². The molecular formula is C8H14S. The van der Waals surface area contributed by atoms with Crippen molar-refractivity contribution in [1.29, 1.82) is 0 Å². The maximum absolute atomic E-state index is 4.52. The summed E-state index contributed by atoms with van der Waals surface area (Å²) in [6, 6.07) is 0. The Labute approximate surface area is 62.8 Å². The second-order valence-electron chi connectivity index (χ2n) is 3.28. The largest absolute Gasteiger partial charge is 0.172 e. The quantitative estimate of drug-likeness (QED) is 0.390. The van der Waals surface area contributed by atoms with Crippen molar-refractivity contribution in [1.82, 2.24) is 0 Å². The molecule has 52 valence electrons. The fourth-order valence-electron chi connectivity index (χ4n) is 1.43. The molecule has 1 fully saturated rings. The molecule has 0 aromatic rings. The molecule has 0 radical (unpaired) electrons. The molecule has 1 aliphatic rings. The molecule has 0 spiro atoms. The van der Waals surface area contributed by atoms with Crippen LogP contribution in [0.4, 0.5) is 0 Å². The standard InChI is InChI=1S/C8H14S/c1-7-4-3-5-8(2,9)6-7/h9H,1,3-6H2,2H3. The number of allylic oxidation sites excluding steroid dienone is 1. The zero-order valence-corrected chi connectivity index (χ0v) is 6.88. The number of rotatable bonds is 0. The first-order chi connectivity index (χ1) is 4.10. The molecular weight excluding hydrogens is 128 g/mol. The van der Waals surface area contributed by atoms with Gasteiger partial charge >= 0.3 is 0 Å². The fourth-order valence-corrected chi connectivity index (χ4v) is 1.82. The summed E-state index contributed by atoms with van der Waals surface area (Å²) < 4.78 is 0.245. The Morgan fingerprint density at radius 2 is 2.33 bits per heavy atom. The van der Waals surface area contributed by atoms with Gasteiger partial charge in [0.15, 0.2) is 0 Å². The summed E-state index contributed by atoms with van der Waals surface area (Å²) in [6.45, 7) is 6.16. The van der Waals surface area contributed by atoms with Crippen LogP contribution in [0.3, 0.4) is 0 Å². The topological polar surface area (TPSA) is 0 Å². The van der Waals surface area contributed by atoms with E-state index in [1.807, 2.05) is 0 Å². The predicted molar refractivity (Wildman–Crippen MR) is 45.0 cm³/mol. The van der Waals surface area contributed by atoms with Crippen molar-refractivity contribution in [3.05, 3.63) is 12.2 Å². The van der Waals surface area contributed by atoms with Gasteiger partial charge in [0.25, 0.3) is 0 Å². The van der Waals surface area contributed by atoms with Crippen LogP contribution in [0.2, 0.25) is 0 Å². The minimum absolute atomic E-state index is 0.245. The van der Waals surface area contributed by atoms with E-state index in [0.29, 0.717) is 0 Å². The van der Waals surface area contributed by atoms with Crippen LogP contribution in [-0.4, -0.2) is 4.75 Å². The van der Waals surface area contributed by atoms with E-state index in [1.165, 1.54) is 24.8 Å². The first-order valence-corrected chi connectivity index (χ1v) is 3.94. The van der Waals surface area contributed by atoms with E-state index >= 15 is 0 Å². The second-order valence-corrected chi connectivity index (χ2v) is 4.36. The van der Waals surface area contributed by atoms with E-state index in [-0.39, 0.29) is 4.75 Å². The van der Waals surface area contributed by atoms with Crippen LogP contribution in [-0.2, 0) is 0 Å². The van der Waals surface area contributed by atoms with Crippen LogP contribution in [0, 0.1) is 0 Å². The zero-order chi connectivity index (χ0) is 6.91.